The fraction of sp³-hybridized carbons (Fsp3) is 0.538. The predicted molar refractivity (Wildman–Crippen MR) is 71.7 cm³/mol. The molecule has 0 heterocycles. The van der Waals surface area contributed by atoms with E-state index >= 15 is 0 Å². The Kier molecular flexibility index (Phi) is 5.29. The molecule has 1 rings (SSSR count). The first-order valence-corrected chi connectivity index (χ1v) is 6.48. The minimum atomic E-state index is 0.0408. The van der Waals surface area contributed by atoms with Gasteiger partial charge >= 0.3 is 0 Å². The molecule has 0 aromatic heterocycles. The van der Waals surface area contributed by atoms with E-state index in [4.69, 9.17) is 10.5 Å². The number of halogens is 1. The van der Waals surface area contributed by atoms with Crippen molar-refractivity contribution in [2.45, 2.75) is 33.2 Å². The Bertz CT molecular complexity index is 337. The van der Waals surface area contributed by atoms with Gasteiger partial charge in [0.2, 0.25) is 0 Å². The second-order valence-electron chi connectivity index (χ2n) is 4.50. The summed E-state index contributed by atoms with van der Waals surface area (Å²) in [6, 6.07) is 6.02. The number of benzene rings is 1. The van der Waals surface area contributed by atoms with Gasteiger partial charge < -0.3 is 10.5 Å². The van der Waals surface area contributed by atoms with Crippen LogP contribution in [0.5, 0.6) is 5.75 Å². The van der Waals surface area contributed by atoms with Gasteiger partial charge in [-0.15, -0.1) is 0 Å². The Morgan fingerprint density at radius 2 is 2.00 bits per heavy atom. The van der Waals surface area contributed by atoms with E-state index in [1.807, 2.05) is 25.1 Å². The normalized spacial score (nSPS) is 12.9. The summed E-state index contributed by atoms with van der Waals surface area (Å²) in [6.07, 6.45) is 1.08. The fourth-order valence-electron chi connectivity index (χ4n) is 1.38. The maximum atomic E-state index is 5.83. The molecule has 90 valence electrons. The molecular formula is C13H20BrNO. The van der Waals surface area contributed by atoms with E-state index in [0.717, 1.165) is 28.8 Å². The molecule has 0 saturated heterocycles. The van der Waals surface area contributed by atoms with E-state index in [9.17, 15) is 0 Å². The van der Waals surface area contributed by atoms with Gasteiger partial charge in [0.25, 0.3) is 0 Å². The van der Waals surface area contributed by atoms with Gasteiger partial charge in [0.1, 0.15) is 5.75 Å². The number of nitrogens with two attached hydrogens (primary N) is 1. The third-order valence-corrected chi connectivity index (χ3v) is 3.11. The summed E-state index contributed by atoms with van der Waals surface area (Å²) in [5, 5.41) is 0. The van der Waals surface area contributed by atoms with E-state index in [-0.39, 0.29) is 6.04 Å². The molecule has 3 heteroatoms. The summed E-state index contributed by atoms with van der Waals surface area (Å²) in [5.74, 6) is 1.57. The molecule has 2 nitrogen and oxygen atoms in total. The third kappa shape index (κ3) is 4.14. The molecule has 2 N–H and O–H groups in total. The molecule has 16 heavy (non-hydrogen) atoms. The maximum Gasteiger partial charge on any atom is 0.120 e. The Balaban J connectivity index is 2.59. The van der Waals surface area contributed by atoms with Crippen LogP contribution < -0.4 is 10.5 Å². The van der Waals surface area contributed by atoms with Gasteiger partial charge in [-0.25, -0.2) is 0 Å². The lowest BCUT2D eigenvalue weighted by Gasteiger charge is -2.12. The summed E-state index contributed by atoms with van der Waals surface area (Å²) < 4.78 is 6.68. The van der Waals surface area contributed by atoms with E-state index in [0.29, 0.717) is 5.92 Å². The minimum absolute atomic E-state index is 0.0408. The van der Waals surface area contributed by atoms with Crippen molar-refractivity contribution < 1.29 is 4.74 Å². The molecule has 0 aliphatic heterocycles. The highest BCUT2D eigenvalue weighted by Crippen LogP contribution is 2.26. The average Bonchev–Trinajstić information content (AvgIpc) is 2.16. The zero-order valence-corrected chi connectivity index (χ0v) is 11.8. The van der Waals surface area contributed by atoms with Crippen molar-refractivity contribution in [3.8, 4) is 5.75 Å². The highest BCUT2D eigenvalue weighted by Gasteiger charge is 2.06. The molecule has 0 aliphatic rings. The third-order valence-electron chi connectivity index (χ3n) is 2.43. The van der Waals surface area contributed by atoms with Crippen LogP contribution in [0.4, 0.5) is 0 Å². The number of hydrogen-bond acceptors (Lipinski definition) is 2. The fourth-order valence-corrected chi connectivity index (χ4v) is 2.10. The minimum Gasteiger partial charge on any atom is -0.494 e. The van der Waals surface area contributed by atoms with E-state index in [1.165, 1.54) is 0 Å². The molecule has 0 spiro atoms. The Morgan fingerprint density at radius 1 is 1.31 bits per heavy atom. The molecule has 1 unspecified atom stereocenters. The lowest BCUT2D eigenvalue weighted by atomic mass is 10.1. The number of hydrogen-bond donors (Lipinski definition) is 1. The molecule has 0 fully saturated rings. The number of rotatable bonds is 5. The smallest absolute Gasteiger partial charge is 0.120 e. The Hall–Kier alpha value is -0.540. The van der Waals surface area contributed by atoms with E-state index in [1.54, 1.807) is 0 Å². The van der Waals surface area contributed by atoms with Crippen LogP contribution in [0.3, 0.4) is 0 Å². The van der Waals surface area contributed by atoms with Gasteiger partial charge in [-0.3, -0.25) is 0 Å². The van der Waals surface area contributed by atoms with E-state index in [2.05, 4.69) is 29.8 Å². The monoisotopic (exact) mass is 285 g/mol. The van der Waals surface area contributed by atoms with Crippen LogP contribution in [0.2, 0.25) is 0 Å². The Labute approximate surface area is 106 Å². The lowest BCUT2D eigenvalue weighted by Crippen LogP contribution is -2.06. The summed E-state index contributed by atoms with van der Waals surface area (Å²) in [6.45, 7) is 7.12. The highest BCUT2D eigenvalue weighted by atomic mass is 79.9. The standard InChI is InChI=1S/C13H20BrNO/c1-9(2)6-7-16-11-4-5-12(10(3)15)13(14)8-11/h4-5,8-10H,6-7,15H2,1-3H3. The van der Waals surface area contributed by atoms with Crippen molar-refractivity contribution in [3.05, 3.63) is 28.2 Å². The van der Waals surface area contributed by atoms with Crippen LogP contribution in [-0.4, -0.2) is 6.61 Å². The summed E-state index contributed by atoms with van der Waals surface area (Å²) in [7, 11) is 0. The first-order chi connectivity index (χ1) is 7.50. The Morgan fingerprint density at radius 3 is 2.50 bits per heavy atom. The lowest BCUT2D eigenvalue weighted by molar-refractivity contribution is 0.289. The van der Waals surface area contributed by atoms with Crippen LogP contribution >= 0.6 is 15.9 Å². The van der Waals surface area contributed by atoms with Crippen molar-refractivity contribution in [1.82, 2.24) is 0 Å². The second kappa shape index (κ2) is 6.26. The van der Waals surface area contributed by atoms with Gasteiger partial charge in [-0.2, -0.15) is 0 Å². The molecule has 0 bridgehead atoms. The van der Waals surface area contributed by atoms with Gasteiger partial charge in [0.15, 0.2) is 0 Å². The van der Waals surface area contributed by atoms with Crippen molar-refractivity contribution >= 4 is 15.9 Å². The molecule has 0 aliphatic carbocycles. The first kappa shape index (κ1) is 13.5. The summed E-state index contributed by atoms with van der Waals surface area (Å²) in [4.78, 5) is 0. The van der Waals surface area contributed by atoms with E-state index < -0.39 is 0 Å². The molecule has 0 amide bonds. The van der Waals surface area contributed by atoms with Gasteiger partial charge in [0.05, 0.1) is 6.61 Å². The molecule has 1 atom stereocenters. The quantitative estimate of drug-likeness (QED) is 0.891. The second-order valence-corrected chi connectivity index (χ2v) is 5.36. The van der Waals surface area contributed by atoms with Crippen molar-refractivity contribution in [2.24, 2.45) is 11.7 Å². The van der Waals surface area contributed by atoms with Crippen LogP contribution in [0, 0.1) is 5.92 Å². The molecule has 0 saturated carbocycles. The maximum absolute atomic E-state index is 5.83. The SMILES string of the molecule is CC(C)CCOc1ccc(C(C)N)c(Br)c1. The van der Waals surface area contributed by atoms with Crippen molar-refractivity contribution in [3.63, 3.8) is 0 Å². The zero-order valence-electron chi connectivity index (χ0n) is 10.2. The molecule has 1 aromatic rings. The topological polar surface area (TPSA) is 35.2 Å². The van der Waals surface area contributed by atoms with Crippen molar-refractivity contribution in [2.75, 3.05) is 6.61 Å². The summed E-state index contributed by atoms with van der Waals surface area (Å²) in [5.41, 5.74) is 6.94. The summed E-state index contributed by atoms with van der Waals surface area (Å²) >= 11 is 3.51. The zero-order chi connectivity index (χ0) is 12.1. The number of ether oxygens (including phenoxy) is 1. The average molecular weight is 286 g/mol. The first-order valence-electron chi connectivity index (χ1n) is 5.68. The van der Waals surface area contributed by atoms with Gasteiger partial charge in [-0.1, -0.05) is 35.8 Å². The van der Waals surface area contributed by atoms with Crippen LogP contribution in [0.1, 0.15) is 38.8 Å². The van der Waals surface area contributed by atoms with Crippen LogP contribution in [0.25, 0.3) is 0 Å². The van der Waals surface area contributed by atoms with Crippen LogP contribution in [-0.2, 0) is 0 Å². The van der Waals surface area contributed by atoms with Gasteiger partial charge in [-0.05, 0) is 37.0 Å². The largest absolute Gasteiger partial charge is 0.494 e. The molecule has 1 aromatic carbocycles. The van der Waals surface area contributed by atoms with Crippen LogP contribution in [0.15, 0.2) is 22.7 Å². The highest BCUT2D eigenvalue weighted by molar-refractivity contribution is 9.10. The van der Waals surface area contributed by atoms with Crippen molar-refractivity contribution in [1.29, 1.82) is 0 Å². The predicted octanol–water partition coefficient (Wildman–Crippen LogP) is 3.89. The molecule has 0 radical (unpaired) electrons. The molecular weight excluding hydrogens is 266 g/mol. The van der Waals surface area contributed by atoms with Gasteiger partial charge in [0, 0.05) is 10.5 Å².